The summed E-state index contributed by atoms with van der Waals surface area (Å²) in [6, 6.07) is 7.37. The minimum absolute atomic E-state index is 0.140. The summed E-state index contributed by atoms with van der Waals surface area (Å²) in [4.78, 5) is 14.6. The van der Waals surface area contributed by atoms with E-state index in [-0.39, 0.29) is 24.4 Å². The van der Waals surface area contributed by atoms with Crippen LogP contribution in [0, 0.1) is 0 Å². The van der Waals surface area contributed by atoms with Gasteiger partial charge in [0, 0.05) is 30.2 Å². The second-order valence-electron chi connectivity index (χ2n) is 7.41. The molecule has 162 valence electrons. The number of fused-ring (bicyclic) bond motifs is 1. The monoisotopic (exact) mass is 423 g/mol. The van der Waals surface area contributed by atoms with E-state index in [1.165, 1.54) is 12.3 Å². The molecule has 0 saturated heterocycles. The van der Waals surface area contributed by atoms with Crippen LogP contribution in [-0.4, -0.2) is 40.8 Å². The Morgan fingerprint density at radius 1 is 1.35 bits per heavy atom. The van der Waals surface area contributed by atoms with E-state index in [2.05, 4.69) is 10.2 Å². The number of carbonyl (C=O) groups is 1. The second-order valence-corrected chi connectivity index (χ2v) is 7.41. The largest absolute Gasteiger partial charge is 0.496 e. The highest BCUT2D eigenvalue weighted by Crippen LogP contribution is 2.35. The smallest absolute Gasteiger partial charge is 0.283 e. The Morgan fingerprint density at radius 2 is 2.23 bits per heavy atom. The molecule has 1 amide bonds. The molecule has 4 rings (SSSR count). The van der Waals surface area contributed by atoms with Gasteiger partial charge in [0.25, 0.3) is 5.89 Å². The quantitative estimate of drug-likeness (QED) is 0.504. The summed E-state index contributed by atoms with van der Waals surface area (Å²) in [6.07, 6.45) is 6.60. The van der Waals surface area contributed by atoms with Crippen molar-refractivity contribution < 1.29 is 23.1 Å². The average Bonchev–Trinajstić information content (AvgIpc) is 3.50. The van der Waals surface area contributed by atoms with Crippen molar-refractivity contribution in [2.45, 2.75) is 39.3 Å². The summed E-state index contributed by atoms with van der Waals surface area (Å²) >= 11 is 0. The van der Waals surface area contributed by atoms with Crippen LogP contribution in [0.15, 0.2) is 45.4 Å². The fraction of sp³-hybridized carbons (Fsp3) is 0.348. The zero-order chi connectivity index (χ0) is 21.8. The van der Waals surface area contributed by atoms with Crippen molar-refractivity contribution in [3.05, 3.63) is 53.6 Å². The molecule has 3 aromatic rings. The maximum atomic E-state index is 12.9. The first-order chi connectivity index (χ1) is 15.1. The third-order valence-electron chi connectivity index (χ3n) is 4.98. The van der Waals surface area contributed by atoms with E-state index in [0.717, 1.165) is 29.7 Å². The number of rotatable bonds is 8. The minimum atomic E-state index is -0.156. The normalized spacial score (nSPS) is 15.1. The summed E-state index contributed by atoms with van der Waals surface area (Å²) in [6.45, 7) is 4.81. The van der Waals surface area contributed by atoms with Gasteiger partial charge in [0.1, 0.15) is 17.6 Å². The predicted octanol–water partition coefficient (Wildman–Crippen LogP) is 4.11. The zero-order valence-electron chi connectivity index (χ0n) is 17.8. The molecule has 0 bridgehead atoms. The molecule has 0 spiro atoms. The van der Waals surface area contributed by atoms with Gasteiger partial charge in [0.2, 0.25) is 11.8 Å². The SMILES string of the molecule is CCCN(Cc1nnc(-c2ccco2)o1)C(=O)/C=C/c1cc2c(cc1OC)C[C@@H](C)O2. The second kappa shape index (κ2) is 9.07. The lowest BCUT2D eigenvalue weighted by molar-refractivity contribution is -0.126. The van der Waals surface area contributed by atoms with Crippen LogP contribution in [-0.2, 0) is 17.8 Å². The molecule has 0 unspecified atom stereocenters. The Morgan fingerprint density at radius 3 is 2.97 bits per heavy atom. The highest BCUT2D eigenvalue weighted by molar-refractivity contribution is 5.92. The van der Waals surface area contributed by atoms with Crippen LogP contribution >= 0.6 is 0 Å². The van der Waals surface area contributed by atoms with Crippen molar-refractivity contribution in [1.29, 1.82) is 0 Å². The van der Waals surface area contributed by atoms with Gasteiger partial charge in [-0.1, -0.05) is 6.92 Å². The van der Waals surface area contributed by atoms with Crippen molar-refractivity contribution in [2.24, 2.45) is 0 Å². The van der Waals surface area contributed by atoms with Crippen LogP contribution in [0.2, 0.25) is 0 Å². The predicted molar refractivity (Wildman–Crippen MR) is 114 cm³/mol. The minimum Gasteiger partial charge on any atom is -0.496 e. The summed E-state index contributed by atoms with van der Waals surface area (Å²) in [5, 5.41) is 8.03. The van der Waals surface area contributed by atoms with Crippen molar-refractivity contribution in [3.8, 4) is 23.1 Å². The van der Waals surface area contributed by atoms with Gasteiger partial charge >= 0.3 is 0 Å². The lowest BCUT2D eigenvalue weighted by Gasteiger charge is -2.18. The number of hydrogen-bond donors (Lipinski definition) is 0. The molecule has 3 heterocycles. The third kappa shape index (κ3) is 4.63. The van der Waals surface area contributed by atoms with E-state index in [1.54, 1.807) is 30.2 Å². The number of nitrogens with zero attached hydrogens (tertiary/aromatic N) is 3. The number of aromatic nitrogens is 2. The fourth-order valence-electron chi connectivity index (χ4n) is 3.55. The number of carbonyl (C=O) groups excluding carboxylic acids is 1. The lowest BCUT2D eigenvalue weighted by atomic mass is 10.1. The number of amides is 1. The van der Waals surface area contributed by atoms with E-state index in [4.69, 9.17) is 18.3 Å². The molecule has 0 N–H and O–H groups in total. The zero-order valence-corrected chi connectivity index (χ0v) is 17.8. The molecular weight excluding hydrogens is 398 g/mol. The van der Waals surface area contributed by atoms with Crippen LogP contribution in [0.5, 0.6) is 11.5 Å². The standard InChI is InChI=1S/C23H25N3O5/c1-4-9-26(14-21-24-25-23(31-21)18-6-5-10-29-18)22(27)8-7-16-12-20-17(11-15(2)30-20)13-19(16)28-3/h5-8,10,12-13,15H,4,9,11,14H2,1-3H3/b8-7+/t15-/m1/s1. The van der Waals surface area contributed by atoms with E-state index in [1.807, 2.05) is 26.0 Å². The Bertz CT molecular complexity index is 1070. The molecule has 1 atom stereocenters. The average molecular weight is 423 g/mol. The van der Waals surface area contributed by atoms with Crippen molar-refractivity contribution in [1.82, 2.24) is 15.1 Å². The van der Waals surface area contributed by atoms with Crippen LogP contribution in [0.3, 0.4) is 0 Å². The molecule has 31 heavy (non-hydrogen) atoms. The lowest BCUT2D eigenvalue weighted by Crippen LogP contribution is -2.29. The van der Waals surface area contributed by atoms with Crippen molar-refractivity contribution in [3.63, 3.8) is 0 Å². The highest BCUT2D eigenvalue weighted by atomic mass is 16.5. The molecule has 1 aliphatic rings. The van der Waals surface area contributed by atoms with Crippen molar-refractivity contribution in [2.75, 3.05) is 13.7 Å². The number of ether oxygens (including phenoxy) is 2. The Hall–Kier alpha value is -3.55. The Labute approximate surface area is 180 Å². The molecule has 8 heteroatoms. The molecule has 1 aliphatic heterocycles. The van der Waals surface area contributed by atoms with Gasteiger partial charge in [0.05, 0.1) is 19.9 Å². The maximum Gasteiger partial charge on any atom is 0.283 e. The number of hydrogen-bond acceptors (Lipinski definition) is 7. The van der Waals surface area contributed by atoms with Crippen LogP contribution in [0.4, 0.5) is 0 Å². The van der Waals surface area contributed by atoms with E-state index < -0.39 is 0 Å². The van der Waals surface area contributed by atoms with Gasteiger partial charge in [-0.15, -0.1) is 10.2 Å². The summed E-state index contributed by atoms with van der Waals surface area (Å²) in [7, 11) is 1.62. The topological polar surface area (TPSA) is 90.8 Å². The van der Waals surface area contributed by atoms with E-state index in [9.17, 15) is 4.79 Å². The first kappa shape index (κ1) is 20.7. The highest BCUT2D eigenvalue weighted by Gasteiger charge is 2.21. The Kier molecular flexibility index (Phi) is 6.06. The molecule has 0 aliphatic carbocycles. The first-order valence-corrected chi connectivity index (χ1v) is 10.3. The number of methoxy groups -OCH3 is 1. The van der Waals surface area contributed by atoms with Gasteiger partial charge in [-0.2, -0.15) is 0 Å². The molecule has 8 nitrogen and oxygen atoms in total. The third-order valence-corrected chi connectivity index (χ3v) is 4.98. The molecule has 2 aromatic heterocycles. The van der Waals surface area contributed by atoms with E-state index >= 15 is 0 Å². The first-order valence-electron chi connectivity index (χ1n) is 10.3. The van der Waals surface area contributed by atoms with Crippen LogP contribution in [0.1, 0.15) is 37.3 Å². The molecule has 0 radical (unpaired) electrons. The number of furan rings is 1. The number of benzene rings is 1. The van der Waals surface area contributed by atoms with Gasteiger partial charge in [0.15, 0.2) is 5.76 Å². The van der Waals surface area contributed by atoms with Crippen molar-refractivity contribution >= 4 is 12.0 Å². The van der Waals surface area contributed by atoms with Crippen LogP contribution in [0.25, 0.3) is 17.7 Å². The molecule has 0 saturated carbocycles. The van der Waals surface area contributed by atoms with Gasteiger partial charge in [-0.05, 0) is 43.7 Å². The van der Waals surface area contributed by atoms with Gasteiger partial charge < -0.3 is 23.2 Å². The van der Waals surface area contributed by atoms with Gasteiger partial charge in [-0.3, -0.25) is 4.79 Å². The summed E-state index contributed by atoms with van der Waals surface area (Å²) < 4.78 is 22.3. The van der Waals surface area contributed by atoms with E-state index in [0.29, 0.717) is 23.9 Å². The molecule has 1 aromatic carbocycles. The fourth-order valence-corrected chi connectivity index (χ4v) is 3.55. The summed E-state index contributed by atoms with van der Waals surface area (Å²) in [5.74, 6) is 2.52. The molecule has 0 fully saturated rings. The van der Waals surface area contributed by atoms with Gasteiger partial charge in [-0.25, -0.2) is 0 Å². The maximum absolute atomic E-state index is 12.9. The summed E-state index contributed by atoms with van der Waals surface area (Å²) in [5.41, 5.74) is 1.90. The Balaban J connectivity index is 1.49. The van der Waals surface area contributed by atoms with Crippen LogP contribution < -0.4 is 9.47 Å². The molecular formula is C23H25N3O5.